The molecule has 3 aromatic carbocycles. The first-order chi connectivity index (χ1) is 11.1. The van der Waals surface area contributed by atoms with E-state index in [1.54, 1.807) is 0 Å². The number of carbonyl (C=O) groups excluding carboxylic acids is 1. The van der Waals surface area contributed by atoms with Crippen molar-refractivity contribution in [2.45, 2.75) is 27.4 Å². The lowest BCUT2D eigenvalue weighted by Gasteiger charge is -2.14. The summed E-state index contributed by atoms with van der Waals surface area (Å²) in [5.41, 5.74) is 3.32. The monoisotopic (exact) mass is 310 g/mol. The maximum Gasteiger partial charge on any atom is 0.122 e. The lowest BCUT2D eigenvalue weighted by atomic mass is 9.94. The number of aliphatic hydroxyl groups excluding tert-OH is 1. The molecule has 1 N–H and O–H groups in total. The van der Waals surface area contributed by atoms with E-state index >= 15 is 0 Å². The number of aliphatic hydroxyl groups is 1. The van der Waals surface area contributed by atoms with E-state index in [-0.39, 0.29) is 6.61 Å². The lowest BCUT2D eigenvalue weighted by Crippen LogP contribution is -1.96. The van der Waals surface area contributed by atoms with Crippen LogP contribution in [0.15, 0.2) is 36.4 Å². The summed E-state index contributed by atoms with van der Waals surface area (Å²) in [7, 11) is 0. The van der Waals surface area contributed by atoms with Crippen LogP contribution in [0, 0.1) is 13.8 Å². The number of hydrogen-bond acceptors (Lipinski definition) is 3. The van der Waals surface area contributed by atoms with E-state index in [1.165, 1.54) is 21.7 Å². The van der Waals surface area contributed by atoms with Crippen LogP contribution in [0.1, 0.15) is 23.6 Å². The van der Waals surface area contributed by atoms with E-state index in [9.17, 15) is 5.11 Å². The highest BCUT2D eigenvalue weighted by Crippen LogP contribution is 2.34. The first kappa shape index (κ1) is 17.0. The highest BCUT2D eigenvalue weighted by Gasteiger charge is 2.10. The van der Waals surface area contributed by atoms with Gasteiger partial charge in [0.2, 0.25) is 0 Å². The maximum absolute atomic E-state index is 9.70. The summed E-state index contributed by atoms with van der Waals surface area (Å²) in [4.78, 5) is 8.00. The van der Waals surface area contributed by atoms with Crippen molar-refractivity contribution in [1.82, 2.24) is 0 Å². The Morgan fingerprint density at radius 1 is 1.00 bits per heavy atom. The second-order valence-electron chi connectivity index (χ2n) is 5.51. The molecule has 0 spiro atoms. The summed E-state index contributed by atoms with van der Waals surface area (Å²) in [6.07, 6.45) is 0. The standard InChI is InChI=1S/C19H20O2.CH2O/c1-4-21-19-10-17-15(11-20)9-14-6-5-12(2)7-16(14)18(17)8-13(19)3;1-2/h5-10,20H,4,11H2,1-3H3;1H2. The number of carbonyl (C=O) groups is 1. The zero-order valence-corrected chi connectivity index (χ0v) is 13.8. The SMILES string of the molecule is C=O.CCOc1cc2c(CO)cc3ccc(C)cc3c2cc1C. The minimum absolute atomic E-state index is 0.0366. The van der Waals surface area contributed by atoms with E-state index in [0.29, 0.717) is 6.61 Å². The van der Waals surface area contributed by atoms with Crippen molar-refractivity contribution >= 4 is 28.3 Å². The smallest absolute Gasteiger partial charge is 0.122 e. The Balaban J connectivity index is 0.000000924. The first-order valence-corrected chi connectivity index (χ1v) is 7.63. The Bertz CT molecular complexity index is 837. The summed E-state index contributed by atoms with van der Waals surface area (Å²) in [6, 6.07) is 12.7. The molecule has 23 heavy (non-hydrogen) atoms. The van der Waals surface area contributed by atoms with Gasteiger partial charge in [0.05, 0.1) is 13.2 Å². The molecule has 3 aromatic rings. The number of ether oxygens (including phenoxy) is 1. The van der Waals surface area contributed by atoms with E-state index in [0.717, 1.165) is 22.3 Å². The molecule has 0 saturated heterocycles. The number of hydrogen-bond donors (Lipinski definition) is 1. The van der Waals surface area contributed by atoms with Crippen molar-refractivity contribution in [3.8, 4) is 5.75 Å². The third-order valence-corrected chi connectivity index (χ3v) is 3.96. The average Bonchev–Trinajstić information content (AvgIpc) is 2.57. The number of fused-ring (bicyclic) bond motifs is 3. The lowest BCUT2D eigenvalue weighted by molar-refractivity contribution is -0.0979. The molecule has 120 valence electrons. The third kappa shape index (κ3) is 3.20. The van der Waals surface area contributed by atoms with Crippen LogP contribution >= 0.6 is 0 Å². The third-order valence-electron chi connectivity index (χ3n) is 3.96. The molecule has 0 bridgehead atoms. The van der Waals surface area contributed by atoms with Gasteiger partial charge < -0.3 is 14.6 Å². The van der Waals surface area contributed by atoms with Crippen LogP contribution in [-0.2, 0) is 11.4 Å². The Kier molecular flexibility index (Phi) is 5.35. The second kappa shape index (κ2) is 7.25. The zero-order chi connectivity index (χ0) is 17.0. The molecule has 0 heterocycles. The predicted molar refractivity (Wildman–Crippen MR) is 95.1 cm³/mol. The van der Waals surface area contributed by atoms with E-state index in [1.807, 2.05) is 13.7 Å². The van der Waals surface area contributed by atoms with Gasteiger partial charge >= 0.3 is 0 Å². The van der Waals surface area contributed by atoms with Gasteiger partial charge in [-0.15, -0.1) is 0 Å². The van der Waals surface area contributed by atoms with E-state index in [2.05, 4.69) is 50.2 Å². The van der Waals surface area contributed by atoms with Gasteiger partial charge in [0.25, 0.3) is 0 Å². The van der Waals surface area contributed by atoms with Gasteiger partial charge in [0.1, 0.15) is 12.5 Å². The second-order valence-corrected chi connectivity index (χ2v) is 5.51. The normalized spacial score (nSPS) is 10.4. The van der Waals surface area contributed by atoms with Crippen LogP contribution < -0.4 is 4.74 Å². The molecular weight excluding hydrogens is 288 g/mol. The summed E-state index contributed by atoms with van der Waals surface area (Å²) < 4.78 is 5.70. The molecule has 0 aliphatic rings. The molecule has 3 nitrogen and oxygen atoms in total. The zero-order valence-electron chi connectivity index (χ0n) is 13.8. The highest BCUT2D eigenvalue weighted by atomic mass is 16.5. The predicted octanol–water partition coefficient (Wildman–Crippen LogP) is 4.32. The number of benzene rings is 3. The molecule has 0 radical (unpaired) electrons. The molecule has 0 aromatic heterocycles. The fraction of sp³-hybridized carbons (Fsp3) is 0.250. The quantitative estimate of drug-likeness (QED) is 0.733. The summed E-state index contributed by atoms with van der Waals surface area (Å²) in [5, 5.41) is 14.4. The summed E-state index contributed by atoms with van der Waals surface area (Å²) >= 11 is 0. The molecular formula is C20H22O3. The largest absolute Gasteiger partial charge is 0.494 e. The summed E-state index contributed by atoms with van der Waals surface area (Å²) in [5.74, 6) is 0.895. The summed E-state index contributed by atoms with van der Waals surface area (Å²) in [6.45, 7) is 8.84. The van der Waals surface area contributed by atoms with Gasteiger partial charge in [0, 0.05) is 0 Å². The van der Waals surface area contributed by atoms with Crippen molar-refractivity contribution in [2.75, 3.05) is 6.61 Å². The van der Waals surface area contributed by atoms with Crippen molar-refractivity contribution in [3.63, 3.8) is 0 Å². The average molecular weight is 310 g/mol. The minimum Gasteiger partial charge on any atom is -0.494 e. The fourth-order valence-corrected chi connectivity index (χ4v) is 2.91. The van der Waals surface area contributed by atoms with Gasteiger partial charge in [-0.3, -0.25) is 0 Å². The van der Waals surface area contributed by atoms with Gasteiger partial charge in [-0.05, 0) is 71.6 Å². The van der Waals surface area contributed by atoms with Crippen LogP contribution in [0.5, 0.6) is 5.75 Å². The first-order valence-electron chi connectivity index (χ1n) is 7.63. The Labute approximate surface area is 136 Å². The molecule has 0 saturated carbocycles. The van der Waals surface area contributed by atoms with Gasteiger partial charge in [0.15, 0.2) is 0 Å². The van der Waals surface area contributed by atoms with Crippen LogP contribution in [0.4, 0.5) is 0 Å². The van der Waals surface area contributed by atoms with Crippen LogP contribution in [-0.4, -0.2) is 18.5 Å². The molecule has 0 atom stereocenters. The molecule has 3 heteroatoms. The van der Waals surface area contributed by atoms with Crippen LogP contribution in [0.3, 0.4) is 0 Å². The minimum atomic E-state index is 0.0366. The fourth-order valence-electron chi connectivity index (χ4n) is 2.91. The maximum atomic E-state index is 9.70. The molecule has 0 unspecified atom stereocenters. The number of aryl methyl sites for hydroxylation is 2. The Morgan fingerprint density at radius 2 is 1.74 bits per heavy atom. The van der Waals surface area contributed by atoms with E-state index in [4.69, 9.17) is 9.53 Å². The molecule has 0 aliphatic heterocycles. The Hall–Kier alpha value is -2.39. The topological polar surface area (TPSA) is 46.5 Å². The van der Waals surface area contributed by atoms with Crippen LogP contribution in [0.2, 0.25) is 0 Å². The van der Waals surface area contributed by atoms with Crippen molar-refractivity contribution in [1.29, 1.82) is 0 Å². The van der Waals surface area contributed by atoms with Crippen LogP contribution in [0.25, 0.3) is 21.5 Å². The number of rotatable bonds is 3. The van der Waals surface area contributed by atoms with Gasteiger partial charge in [-0.1, -0.05) is 23.8 Å². The van der Waals surface area contributed by atoms with Gasteiger partial charge in [-0.25, -0.2) is 0 Å². The molecule has 0 fully saturated rings. The molecule has 0 amide bonds. The highest BCUT2D eigenvalue weighted by molar-refractivity contribution is 6.09. The van der Waals surface area contributed by atoms with Crippen molar-refractivity contribution in [2.24, 2.45) is 0 Å². The van der Waals surface area contributed by atoms with Crippen molar-refractivity contribution < 1.29 is 14.6 Å². The van der Waals surface area contributed by atoms with Crippen molar-refractivity contribution in [3.05, 3.63) is 53.1 Å². The molecule has 3 rings (SSSR count). The molecule has 0 aliphatic carbocycles. The van der Waals surface area contributed by atoms with Gasteiger partial charge in [-0.2, -0.15) is 0 Å². The van der Waals surface area contributed by atoms with E-state index < -0.39 is 0 Å². The Morgan fingerprint density at radius 3 is 2.39 bits per heavy atom.